The van der Waals surface area contributed by atoms with Gasteiger partial charge in [0.1, 0.15) is 0 Å². The predicted octanol–water partition coefficient (Wildman–Crippen LogP) is 6.12. The van der Waals surface area contributed by atoms with Crippen molar-refractivity contribution in [1.82, 2.24) is 0 Å². The molecule has 3 rings (SSSR count). The van der Waals surface area contributed by atoms with Gasteiger partial charge in [0, 0.05) is 29.5 Å². The zero-order chi connectivity index (χ0) is 21.4. The van der Waals surface area contributed by atoms with E-state index in [4.69, 9.17) is 4.74 Å². The van der Waals surface area contributed by atoms with Crippen molar-refractivity contribution in [3.8, 4) is 0 Å². The number of esters is 1. The Morgan fingerprint density at radius 1 is 1.07 bits per heavy atom. The highest BCUT2D eigenvalue weighted by Crippen LogP contribution is 2.39. The molecule has 2 aromatic rings. The van der Waals surface area contributed by atoms with Crippen LogP contribution in [-0.2, 0) is 16.7 Å². The average molecular weight is 393 g/mol. The van der Waals surface area contributed by atoms with Crippen LogP contribution in [0.5, 0.6) is 0 Å². The highest BCUT2D eigenvalue weighted by molar-refractivity contribution is 5.93. The van der Waals surface area contributed by atoms with Crippen LogP contribution in [0.3, 0.4) is 0 Å². The molecular weight excluding hydrogens is 358 g/mol. The van der Waals surface area contributed by atoms with Crippen LogP contribution in [0.25, 0.3) is 0 Å². The topological polar surface area (TPSA) is 29.3 Å². The van der Waals surface area contributed by atoms with E-state index < -0.39 is 0 Å². The fraction of sp³-hybridized carbons (Fsp3) is 0.462. The third-order valence-electron chi connectivity index (χ3n) is 6.85. The molecule has 0 spiro atoms. The monoisotopic (exact) mass is 392 g/mol. The number of hydrogen-bond donors (Lipinski definition) is 0. The molecule has 0 atom stereocenters. The molecule has 1 aliphatic rings. The van der Waals surface area contributed by atoms with Gasteiger partial charge in [0.15, 0.2) is 12.3 Å². The van der Waals surface area contributed by atoms with Crippen LogP contribution in [0.2, 0.25) is 0 Å². The van der Waals surface area contributed by atoms with Crippen LogP contribution >= 0.6 is 0 Å². The summed E-state index contributed by atoms with van der Waals surface area (Å²) in [5.41, 5.74) is 5.77. The van der Waals surface area contributed by atoms with Crippen molar-refractivity contribution in [2.75, 3.05) is 6.61 Å². The lowest BCUT2D eigenvalue weighted by Gasteiger charge is -2.28. The molecule has 0 radical (unpaired) electrons. The third kappa shape index (κ3) is 4.14. The summed E-state index contributed by atoms with van der Waals surface area (Å²) in [6.45, 7) is 16.5. The Hall–Kier alpha value is -2.42. The minimum absolute atomic E-state index is 0.0289. The van der Waals surface area contributed by atoms with E-state index in [1.807, 2.05) is 24.3 Å². The van der Waals surface area contributed by atoms with Crippen molar-refractivity contribution in [3.63, 3.8) is 0 Å². The maximum Gasteiger partial charge on any atom is 0.338 e. The summed E-state index contributed by atoms with van der Waals surface area (Å²) in [5.74, 6) is 0.199. The number of carbonyl (C=O) groups excluding carboxylic acids is 1. The van der Waals surface area contributed by atoms with Gasteiger partial charge in [0.2, 0.25) is 5.69 Å². The van der Waals surface area contributed by atoms with E-state index in [1.165, 1.54) is 22.5 Å². The van der Waals surface area contributed by atoms with E-state index in [0.29, 0.717) is 18.1 Å². The molecule has 29 heavy (non-hydrogen) atoms. The van der Waals surface area contributed by atoms with Crippen molar-refractivity contribution in [3.05, 3.63) is 65.2 Å². The summed E-state index contributed by atoms with van der Waals surface area (Å²) >= 11 is 0. The van der Waals surface area contributed by atoms with Crippen LogP contribution in [0.1, 0.15) is 70.0 Å². The van der Waals surface area contributed by atoms with Gasteiger partial charge in [-0.05, 0) is 31.9 Å². The molecule has 0 amide bonds. The summed E-state index contributed by atoms with van der Waals surface area (Å²) in [5, 5.41) is 0. The SMILES string of the molecule is CC1=[N+](Cc2ccc(C(=O)OCC(C)(C)C(C)C)cc2)c2ccccc2C1(C)C. The number of ether oxygens (including phenoxy) is 1. The Labute approximate surface area is 175 Å². The molecule has 2 aromatic carbocycles. The van der Waals surface area contributed by atoms with E-state index in [1.54, 1.807) is 0 Å². The maximum atomic E-state index is 12.4. The van der Waals surface area contributed by atoms with E-state index in [9.17, 15) is 4.79 Å². The minimum Gasteiger partial charge on any atom is -0.462 e. The summed E-state index contributed by atoms with van der Waals surface area (Å²) in [7, 11) is 0. The molecular formula is C26H34NO2+. The van der Waals surface area contributed by atoms with Gasteiger partial charge in [0.25, 0.3) is 0 Å². The second-order valence-electron chi connectivity index (χ2n) is 9.73. The summed E-state index contributed by atoms with van der Waals surface area (Å²) in [4.78, 5) is 12.4. The van der Waals surface area contributed by atoms with Crippen LogP contribution in [0.15, 0.2) is 48.5 Å². The fourth-order valence-electron chi connectivity index (χ4n) is 3.58. The molecule has 0 saturated carbocycles. The lowest BCUT2D eigenvalue weighted by Crippen LogP contribution is -2.27. The van der Waals surface area contributed by atoms with Gasteiger partial charge < -0.3 is 4.74 Å². The Balaban J connectivity index is 1.73. The first-order chi connectivity index (χ1) is 13.5. The van der Waals surface area contributed by atoms with E-state index in [-0.39, 0.29) is 16.8 Å². The van der Waals surface area contributed by atoms with Gasteiger partial charge in [-0.15, -0.1) is 0 Å². The van der Waals surface area contributed by atoms with Gasteiger partial charge in [0.05, 0.1) is 17.6 Å². The lowest BCUT2D eigenvalue weighted by molar-refractivity contribution is -0.456. The largest absolute Gasteiger partial charge is 0.462 e. The zero-order valence-corrected chi connectivity index (χ0v) is 18.9. The Morgan fingerprint density at radius 2 is 1.69 bits per heavy atom. The first-order valence-electron chi connectivity index (χ1n) is 10.5. The summed E-state index contributed by atoms with van der Waals surface area (Å²) in [6, 6.07) is 16.4. The van der Waals surface area contributed by atoms with Gasteiger partial charge in [-0.1, -0.05) is 58.0 Å². The first-order valence-corrected chi connectivity index (χ1v) is 10.5. The van der Waals surface area contributed by atoms with Gasteiger partial charge in [-0.25, -0.2) is 4.79 Å². The molecule has 0 saturated heterocycles. The molecule has 3 nitrogen and oxygen atoms in total. The van der Waals surface area contributed by atoms with Gasteiger partial charge >= 0.3 is 5.97 Å². The molecule has 0 bridgehead atoms. The van der Waals surface area contributed by atoms with E-state index in [2.05, 4.69) is 77.3 Å². The van der Waals surface area contributed by atoms with Crippen LogP contribution in [-0.4, -0.2) is 22.9 Å². The number of nitrogens with zero attached hydrogens (tertiary/aromatic N) is 1. The molecule has 0 fully saturated rings. The van der Waals surface area contributed by atoms with Crippen molar-refractivity contribution < 1.29 is 14.1 Å². The number of benzene rings is 2. The minimum atomic E-state index is -0.249. The predicted molar refractivity (Wildman–Crippen MR) is 119 cm³/mol. The molecule has 0 N–H and O–H groups in total. The van der Waals surface area contributed by atoms with Gasteiger partial charge in [-0.3, -0.25) is 0 Å². The molecule has 0 unspecified atom stereocenters. The first kappa shape index (κ1) is 21.3. The van der Waals surface area contributed by atoms with Crippen LogP contribution in [0, 0.1) is 11.3 Å². The Morgan fingerprint density at radius 3 is 2.31 bits per heavy atom. The maximum absolute atomic E-state index is 12.4. The zero-order valence-electron chi connectivity index (χ0n) is 18.9. The van der Waals surface area contributed by atoms with Crippen molar-refractivity contribution in [2.45, 2.75) is 60.4 Å². The highest BCUT2D eigenvalue weighted by atomic mass is 16.5. The standard InChI is InChI=1S/C26H34NO2/c1-18(2)25(4,5)17-29-24(28)21-14-12-20(13-15-21)16-27-19(3)26(6,7)22-10-8-9-11-23(22)27/h8-15,18H,16-17H2,1-7H3/q+1. The number of carbonyl (C=O) groups is 1. The molecule has 0 aromatic heterocycles. The Bertz CT molecular complexity index is 933. The third-order valence-corrected chi connectivity index (χ3v) is 6.85. The molecule has 0 aliphatic carbocycles. The summed E-state index contributed by atoms with van der Waals surface area (Å²) < 4.78 is 7.95. The van der Waals surface area contributed by atoms with E-state index >= 15 is 0 Å². The number of rotatable bonds is 6. The number of fused-ring (bicyclic) bond motifs is 1. The normalized spacial score (nSPS) is 15.6. The second-order valence-corrected chi connectivity index (χ2v) is 9.73. The lowest BCUT2D eigenvalue weighted by atomic mass is 9.82. The smallest absolute Gasteiger partial charge is 0.338 e. The van der Waals surface area contributed by atoms with Crippen molar-refractivity contribution >= 4 is 17.4 Å². The van der Waals surface area contributed by atoms with Crippen LogP contribution < -0.4 is 0 Å². The average Bonchev–Trinajstić information content (AvgIpc) is 2.88. The van der Waals surface area contributed by atoms with Gasteiger partial charge in [-0.2, -0.15) is 4.58 Å². The highest BCUT2D eigenvalue weighted by Gasteiger charge is 2.42. The van der Waals surface area contributed by atoms with Crippen molar-refractivity contribution in [1.29, 1.82) is 0 Å². The molecule has 3 heteroatoms. The van der Waals surface area contributed by atoms with E-state index in [0.717, 1.165) is 6.54 Å². The molecule has 1 heterocycles. The quantitative estimate of drug-likeness (QED) is 0.438. The number of hydrogen-bond acceptors (Lipinski definition) is 2. The molecule has 1 aliphatic heterocycles. The molecule has 154 valence electrons. The summed E-state index contributed by atoms with van der Waals surface area (Å²) in [6.07, 6.45) is 0. The number of para-hydroxylation sites is 1. The Kier molecular flexibility index (Phi) is 5.71. The fourth-order valence-corrected chi connectivity index (χ4v) is 3.58. The van der Waals surface area contributed by atoms with Crippen molar-refractivity contribution in [2.24, 2.45) is 11.3 Å². The second kappa shape index (κ2) is 7.78. The van der Waals surface area contributed by atoms with Crippen LogP contribution in [0.4, 0.5) is 5.69 Å².